The Hall–Kier alpha value is -3.18. The molecule has 0 atom stereocenters. The van der Waals surface area contributed by atoms with E-state index < -0.39 is 0 Å². The molecule has 0 fully saturated rings. The van der Waals surface area contributed by atoms with Crippen molar-refractivity contribution in [2.45, 2.75) is 13.2 Å². The number of aliphatic hydroxyl groups is 1. The van der Waals surface area contributed by atoms with E-state index in [0.717, 1.165) is 33.3 Å². The molecule has 0 radical (unpaired) electrons. The van der Waals surface area contributed by atoms with Crippen LogP contribution in [0.1, 0.15) is 11.1 Å². The van der Waals surface area contributed by atoms with Crippen LogP contribution in [0, 0.1) is 0 Å². The first-order valence-electron chi connectivity index (χ1n) is 8.56. The van der Waals surface area contributed by atoms with Crippen LogP contribution < -0.4 is 5.32 Å². The maximum Gasteiger partial charge on any atom is 0.132 e. The van der Waals surface area contributed by atoms with Crippen molar-refractivity contribution >= 4 is 16.7 Å². The lowest BCUT2D eigenvalue weighted by atomic mass is 10.1. The SMILES string of the molecule is Cn1cc(CNc2nc3ccccc3cc2CO)c(-c2ccccc2)n1. The molecule has 0 aliphatic rings. The Balaban J connectivity index is 1.65. The zero-order valence-corrected chi connectivity index (χ0v) is 14.6. The molecule has 0 aliphatic carbocycles. The lowest BCUT2D eigenvalue weighted by molar-refractivity contribution is 0.282. The van der Waals surface area contributed by atoms with E-state index in [0.29, 0.717) is 12.4 Å². The zero-order valence-electron chi connectivity index (χ0n) is 14.6. The number of pyridine rings is 1. The molecular formula is C21H20N4O. The average Bonchev–Trinajstić information content (AvgIpc) is 3.07. The molecule has 4 rings (SSSR count). The molecule has 5 heteroatoms. The normalized spacial score (nSPS) is 11.0. The van der Waals surface area contributed by atoms with E-state index in [-0.39, 0.29) is 6.61 Å². The molecule has 0 saturated carbocycles. The van der Waals surface area contributed by atoms with Crippen LogP contribution in [0.3, 0.4) is 0 Å². The van der Waals surface area contributed by atoms with Gasteiger partial charge in [-0.05, 0) is 12.1 Å². The number of nitrogens with zero attached hydrogens (tertiary/aromatic N) is 3. The molecule has 0 unspecified atom stereocenters. The van der Waals surface area contributed by atoms with E-state index in [2.05, 4.69) is 27.5 Å². The van der Waals surface area contributed by atoms with Crippen LogP contribution in [0.15, 0.2) is 66.9 Å². The van der Waals surface area contributed by atoms with Crippen LogP contribution in [-0.4, -0.2) is 19.9 Å². The molecule has 0 spiro atoms. The van der Waals surface area contributed by atoms with Crippen LogP contribution in [0.25, 0.3) is 22.2 Å². The molecule has 2 aromatic heterocycles. The molecule has 2 aromatic carbocycles. The van der Waals surface area contributed by atoms with Crippen LogP contribution >= 0.6 is 0 Å². The Labute approximate surface area is 151 Å². The van der Waals surface area contributed by atoms with Crippen LogP contribution in [0.4, 0.5) is 5.82 Å². The van der Waals surface area contributed by atoms with Crippen LogP contribution in [0.5, 0.6) is 0 Å². The monoisotopic (exact) mass is 344 g/mol. The van der Waals surface area contributed by atoms with Crippen molar-refractivity contribution < 1.29 is 5.11 Å². The van der Waals surface area contributed by atoms with Crippen LogP contribution in [-0.2, 0) is 20.2 Å². The summed E-state index contributed by atoms with van der Waals surface area (Å²) in [4.78, 5) is 4.67. The van der Waals surface area contributed by atoms with Crippen molar-refractivity contribution in [3.63, 3.8) is 0 Å². The number of nitrogens with one attached hydrogen (secondary N) is 1. The second-order valence-corrected chi connectivity index (χ2v) is 6.24. The number of rotatable bonds is 5. The van der Waals surface area contributed by atoms with E-state index in [4.69, 9.17) is 0 Å². The van der Waals surface area contributed by atoms with Gasteiger partial charge in [0.25, 0.3) is 0 Å². The maximum absolute atomic E-state index is 9.72. The van der Waals surface area contributed by atoms with Gasteiger partial charge in [-0.2, -0.15) is 5.10 Å². The minimum absolute atomic E-state index is 0.0568. The molecule has 4 aromatic rings. The Morgan fingerprint density at radius 3 is 2.58 bits per heavy atom. The molecule has 0 aliphatic heterocycles. The van der Waals surface area contributed by atoms with E-state index in [9.17, 15) is 5.11 Å². The second-order valence-electron chi connectivity index (χ2n) is 6.24. The van der Waals surface area contributed by atoms with E-state index >= 15 is 0 Å². The molecule has 0 amide bonds. The molecule has 2 N–H and O–H groups in total. The number of aliphatic hydroxyl groups excluding tert-OH is 1. The number of hydrogen-bond donors (Lipinski definition) is 2. The summed E-state index contributed by atoms with van der Waals surface area (Å²) in [5.74, 6) is 0.703. The smallest absolute Gasteiger partial charge is 0.132 e. The number of anilines is 1. The largest absolute Gasteiger partial charge is 0.392 e. The summed E-state index contributed by atoms with van der Waals surface area (Å²) in [5.41, 5.74) is 4.80. The zero-order chi connectivity index (χ0) is 17.9. The third-order valence-electron chi connectivity index (χ3n) is 4.37. The van der Waals surface area contributed by atoms with Gasteiger partial charge in [-0.15, -0.1) is 0 Å². The van der Waals surface area contributed by atoms with Crippen molar-refractivity contribution in [2.75, 3.05) is 5.32 Å². The highest BCUT2D eigenvalue weighted by Gasteiger charge is 2.12. The molecule has 0 saturated heterocycles. The quantitative estimate of drug-likeness (QED) is 0.579. The Kier molecular flexibility index (Phi) is 4.37. The summed E-state index contributed by atoms with van der Waals surface area (Å²) >= 11 is 0. The van der Waals surface area contributed by atoms with E-state index in [1.165, 1.54) is 0 Å². The average molecular weight is 344 g/mol. The van der Waals surface area contributed by atoms with E-state index in [1.807, 2.05) is 66.5 Å². The lowest BCUT2D eigenvalue weighted by Crippen LogP contribution is -2.05. The van der Waals surface area contributed by atoms with Gasteiger partial charge in [0.15, 0.2) is 0 Å². The fourth-order valence-electron chi connectivity index (χ4n) is 3.12. The minimum Gasteiger partial charge on any atom is -0.392 e. The summed E-state index contributed by atoms with van der Waals surface area (Å²) in [6, 6.07) is 20.0. The van der Waals surface area contributed by atoms with Crippen molar-refractivity contribution in [2.24, 2.45) is 7.05 Å². The fraction of sp³-hybridized carbons (Fsp3) is 0.143. The first-order chi connectivity index (χ1) is 12.7. The minimum atomic E-state index is -0.0568. The highest BCUT2D eigenvalue weighted by atomic mass is 16.3. The predicted octanol–water partition coefficient (Wildman–Crippen LogP) is 3.74. The number of fused-ring (bicyclic) bond motifs is 1. The van der Waals surface area contributed by atoms with Gasteiger partial charge < -0.3 is 10.4 Å². The Morgan fingerprint density at radius 2 is 1.77 bits per heavy atom. The van der Waals surface area contributed by atoms with Gasteiger partial charge in [0.1, 0.15) is 5.82 Å². The second kappa shape index (κ2) is 6.98. The number of aryl methyl sites for hydroxylation is 1. The summed E-state index contributed by atoms with van der Waals surface area (Å²) in [7, 11) is 1.92. The van der Waals surface area contributed by atoms with Gasteiger partial charge in [-0.25, -0.2) is 4.98 Å². The summed E-state index contributed by atoms with van der Waals surface area (Å²) in [6.45, 7) is 0.523. The lowest BCUT2D eigenvalue weighted by Gasteiger charge is -2.11. The number of benzene rings is 2. The van der Waals surface area contributed by atoms with Gasteiger partial charge in [0.05, 0.1) is 17.8 Å². The van der Waals surface area contributed by atoms with Gasteiger partial charge in [-0.3, -0.25) is 4.68 Å². The van der Waals surface area contributed by atoms with Crippen molar-refractivity contribution in [3.05, 3.63) is 78.0 Å². The highest BCUT2D eigenvalue weighted by Crippen LogP contribution is 2.24. The summed E-state index contributed by atoms with van der Waals surface area (Å²) < 4.78 is 1.82. The third-order valence-corrected chi connectivity index (χ3v) is 4.37. The van der Waals surface area contributed by atoms with Crippen LogP contribution in [0.2, 0.25) is 0 Å². The molecule has 26 heavy (non-hydrogen) atoms. The number of aromatic nitrogens is 3. The predicted molar refractivity (Wildman–Crippen MR) is 104 cm³/mol. The fourth-order valence-corrected chi connectivity index (χ4v) is 3.12. The summed E-state index contributed by atoms with van der Waals surface area (Å²) in [5, 5.41) is 18.7. The van der Waals surface area contributed by atoms with Gasteiger partial charge >= 0.3 is 0 Å². The first-order valence-corrected chi connectivity index (χ1v) is 8.56. The topological polar surface area (TPSA) is 63.0 Å². The standard InChI is InChI=1S/C21H20N4O/c1-25-13-18(20(24-25)15-7-3-2-4-8-15)12-22-21-17(14-26)11-16-9-5-6-10-19(16)23-21/h2-11,13,26H,12,14H2,1H3,(H,22,23). The van der Waals surface area contributed by atoms with Crippen molar-refractivity contribution in [1.82, 2.24) is 14.8 Å². The molecule has 130 valence electrons. The first kappa shape index (κ1) is 16.3. The Morgan fingerprint density at radius 1 is 1.00 bits per heavy atom. The van der Waals surface area contributed by atoms with Crippen molar-refractivity contribution in [3.8, 4) is 11.3 Å². The third kappa shape index (κ3) is 3.17. The van der Waals surface area contributed by atoms with Gasteiger partial charge in [0, 0.05) is 41.9 Å². The highest BCUT2D eigenvalue weighted by molar-refractivity contribution is 5.81. The Bertz CT molecular complexity index is 1040. The number of para-hydroxylation sites is 1. The molecule has 2 heterocycles. The van der Waals surface area contributed by atoms with Gasteiger partial charge in [-0.1, -0.05) is 48.5 Å². The van der Waals surface area contributed by atoms with Gasteiger partial charge in [0.2, 0.25) is 0 Å². The maximum atomic E-state index is 9.72. The number of hydrogen-bond acceptors (Lipinski definition) is 4. The molecule has 5 nitrogen and oxygen atoms in total. The summed E-state index contributed by atoms with van der Waals surface area (Å²) in [6.07, 6.45) is 2.01. The molecule has 0 bridgehead atoms. The molecular weight excluding hydrogens is 324 g/mol. The van der Waals surface area contributed by atoms with Crippen molar-refractivity contribution in [1.29, 1.82) is 0 Å². The van der Waals surface area contributed by atoms with E-state index in [1.54, 1.807) is 0 Å².